The second kappa shape index (κ2) is 9.44. The van der Waals surface area contributed by atoms with Crippen molar-refractivity contribution in [2.45, 2.75) is 26.6 Å². The summed E-state index contributed by atoms with van der Waals surface area (Å²) in [7, 11) is 0. The van der Waals surface area contributed by atoms with E-state index in [1.165, 1.54) is 0 Å². The number of carboxylic acids is 1. The van der Waals surface area contributed by atoms with Crippen molar-refractivity contribution in [2.24, 2.45) is 0 Å². The summed E-state index contributed by atoms with van der Waals surface area (Å²) in [4.78, 5) is 16.7. The fourth-order valence-corrected chi connectivity index (χ4v) is 3.86. The second-order valence-corrected chi connectivity index (χ2v) is 7.98. The minimum atomic E-state index is -0.917. The Morgan fingerprint density at radius 3 is 2.65 bits per heavy atom. The minimum absolute atomic E-state index is 0.112. The average molecular weight is 436 g/mol. The Kier molecular flexibility index (Phi) is 6.28. The van der Waals surface area contributed by atoms with Gasteiger partial charge in [-0.3, -0.25) is 4.79 Å². The number of carbonyl (C=O) groups is 1. The van der Waals surface area contributed by atoms with E-state index in [1.54, 1.807) is 41.7 Å². The molecule has 2 heterocycles. The van der Waals surface area contributed by atoms with Gasteiger partial charge in [-0.05, 0) is 18.1 Å². The zero-order valence-corrected chi connectivity index (χ0v) is 17.6. The van der Waals surface area contributed by atoms with Crippen LogP contribution in [-0.4, -0.2) is 21.2 Å². The van der Waals surface area contributed by atoms with Crippen molar-refractivity contribution in [3.63, 3.8) is 0 Å². The van der Waals surface area contributed by atoms with Gasteiger partial charge in [-0.2, -0.15) is 0 Å². The van der Waals surface area contributed by atoms with Crippen LogP contribution in [0.1, 0.15) is 21.9 Å². The van der Waals surface area contributed by atoms with Crippen LogP contribution in [0.4, 0.5) is 0 Å². The quantitative estimate of drug-likeness (QED) is 0.399. The lowest BCUT2D eigenvalue weighted by Gasteiger charge is -2.08. The van der Waals surface area contributed by atoms with E-state index in [2.05, 4.69) is 10.1 Å². The van der Waals surface area contributed by atoms with Gasteiger partial charge in [-0.1, -0.05) is 48.5 Å². The standard InChI is InChI=1S/C23H20N2O5S/c1-15-19(24-23(31-15)16-7-3-2-4-8-16)14-29-21-12-18(30-25-21)13-28-20-10-6-5-9-17(20)11-22(26)27/h2-10,12H,11,13-14H2,1H3,(H,26,27). The van der Waals surface area contributed by atoms with Crippen LogP contribution in [0.25, 0.3) is 10.6 Å². The number of para-hydroxylation sites is 1. The first-order valence-corrected chi connectivity index (χ1v) is 10.4. The van der Waals surface area contributed by atoms with Gasteiger partial charge in [0.15, 0.2) is 5.76 Å². The van der Waals surface area contributed by atoms with E-state index in [9.17, 15) is 4.79 Å². The molecule has 0 saturated carbocycles. The Hall–Kier alpha value is -3.65. The molecule has 158 valence electrons. The second-order valence-electron chi connectivity index (χ2n) is 6.77. The molecule has 0 spiro atoms. The topological polar surface area (TPSA) is 94.7 Å². The molecule has 4 aromatic rings. The third-order valence-electron chi connectivity index (χ3n) is 4.49. The molecule has 0 unspecified atom stereocenters. The molecular formula is C23H20N2O5S. The van der Waals surface area contributed by atoms with E-state index in [1.807, 2.05) is 37.3 Å². The highest BCUT2D eigenvalue weighted by Gasteiger charge is 2.13. The summed E-state index contributed by atoms with van der Waals surface area (Å²) in [6.45, 7) is 2.41. The first-order chi connectivity index (χ1) is 15.1. The van der Waals surface area contributed by atoms with Crippen molar-refractivity contribution >= 4 is 17.3 Å². The van der Waals surface area contributed by atoms with Gasteiger partial charge in [0.2, 0.25) is 0 Å². The van der Waals surface area contributed by atoms with Gasteiger partial charge in [0.05, 0.1) is 12.1 Å². The van der Waals surface area contributed by atoms with Crippen molar-refractivity contribution < 1.29 is 23.9 Å². The van der Waals surface area contributed by atoms with E-state index in [-0.39, 0.29) is 19.6 Å². The molecular weight excluding hydrogens is 416 g/mol. The first-order valence-electron chi connectivity index (χ1n) is 9.61. The molecule has 0 aliphatic carbocycles. The molecule has 0 fully saturated rings. The maximum atomic E-state index is 11.0. The summed E-state index contributed by atoms with van der Waals surface area (Å²) in [5, 5.41) is 13.9. The van der Waals surface area contributed by atoms with Crippen molar-refractivity contribution in [1.29, 1.82) is 0 Å². The Balaban J connectivity index is 1.35. The maximum absolute atomic E-state index is 11.0. The van der Waals surface area contributed by atoms with Crippen molar-refractivity contribution in [3.05, 3.63) is 82.6 Å². The fourth-order valence-electron chi connectivity index (χ4n) is 2.94. The molecule has 4 rings (SSSR count). The van der Waals surface area contributed by atoms with Crippen molar-refractivity contribution in [1.82, 2.24) is 10.1 Å². The average Bonchev–Trinajstić information content (AvgIpc) is 3.38. The summed E-state index contributed by atoms with van der Waals surface area (Å²) >= 11 is 1.62. The monoisotopic (exact) mass is 436 g/mol. The van der Waals surface area contributed by atoms with Crippen molar-refractivity contribution in [2.75, 3.05) is 0 Å². The summed E-state index contributed by atoms with van der Waals surface area (Å²) in [6.07, 6.45) is -0.112. The molecule has 0 aliphatic rings. The van der Waals surface area contributed by atoms with Crippen LogP contribution < -0.4 is 9.47 Å². The van der Waals surface area contributed by atoms with E-state index in [4.69, 9.17) is 19.1 Å². The number of benzene rings is 2. The van der Waals surface area contributed by atoms with Crippen molar-refractivity contribution in [3.8, 4) is 22.2 Å². The summed E-state index contributed by atoms with van der Waals surface area (Å²) in [5.41, 5.74) is 2.53. The van der Waals surface area contributed by atoms with Crippen LogP contribution in [0.3, 0.4) is 0 Å². The predicted molar refractivity (Wildman–Crippen MR) is 115 cm³/mol. The number of aromatic nitrogens is 2. The van der Waals surface area contributed by atoms with Gasteiger partial charge in [0, 0.05) is 22.1 Å². The molecule has 7 nitrogen and oxygen atoms in total. The molecule has 0 amide bonds. The minimum Gasteiger partial charge on any atom is -0.485 e. The summed E-state index contributed by atoms with van der Waals surface area (Å²) < 4.78 is 16.7. The molecule has 0 atom stereocenters. The van der Waals surface area contributed by atoms with Crippen LogP contribution in [0.15, 0.2) is 65.2 Å². The highest BCUT2D eigenvalue weighted by molar-refractivity contribution is 7.15. The lowest BCUT2D eigenvalue weighted by molar-refractivity contribution is -0.136. The van der Waals surface area contributed by atoms with Crippen LogP contribution in [-0.2, 0) is 24.4 Å². The van der Waals surface area contributed by atoms with Gasteiger partial charge in [-0.25, -0.2) is 4.98 Å². The number of carboxylic acid groups (broad SMARTS) is 1. The molecule has 0 aliphatic heterocycles. The normalized spacial score (nSPS) is 10.7. The zero-order chi connectivity index (χ0) is 21.6. The predicted octanol–water partition coefficient (Wildman–Crippen LogP) is 4.89. The van der Waals surface area contributed by atoms with Gasteiger partial charge in [0.25, 0.3) is 5.88 Å². The molecule has 0 bridgehead atoms. The smallest absolute Gasteiger partial charge is 0.307 e. The van der Waals surface area contributed by atoms with E-state index < -0.39 is 5.97 Å². The van der Waals surface area contributed by atoms with Crippen LogP contribution in [0.5, 0.6) is 11.6 Å². The third-order valence-corrected chi connectivity index (χ3v) is 5.55. The van der Waals surface area contributed by atoms with Crippen LogP contribution in [0.2, 0.25) is 0 Å². The first kappa shape index (κ1) is 20.6. The molecule has 31 heavy (non-hydrogen) atoms. The number of ether oxygens (including phenoxy) is 2. The number of hydrogen-bond donors (Lipinski definition) is 1. The Morgan fingerprint density at radius 1 is 1.06 bits per heavy atom. The Labute approximate surface area is 182 Å². The Morgan fingerprint density at radius 2 is 1.84 bits per heavy atom. The maximum Gasteiger partial charge on any atom is 0.307 e. The number of aryl methyl sites for hydroxylation is 1. The molecule has 0 saturated heterocycles. The van der Waals surface area contributed by atoms with Crippen LogP contribution in [0, 0.1) is 6.92 Å². The lowest BCUT2D eigenvalue weighted by Crippen LogP contribution is -2.03. The SMILES string of the molecule is Cc1sc(-c2ccccc2)nc1COc1cc(COc2ccccc2CC(=O)O)on1. The molecule has 2 aromatic heterocycles. The van der Waals surface area contributed by atoms with E-state index >= 15 is 0 Å². The van der Waals surface area contributed by atoms with Gasteiger partial charge >= 0.3 is 5.97 Å². The number of thiazole rings is 1. The number of aliphatic carboxylic acids is 1. The molecule has 1 N–H and O–H groups in total. The molecule has 2 aromatic carbocycles. The number of nitrogens with zero attached hydrogens (tertiary/aromatic N) is 2. The lowest BCUT2D eigenvalue weighted by atomic mass is 10.1. The zero-order valence-electron chi connectivity index (χ0n) is 16.8. The Bertz CT molecular complexity index is 1170. The van der Waals surface area contributed by atoms with Crippen LogP contribution >= 0.6 is 11.3 Å². The summed E-state index contributed by atoms with van der Waals surface area (Å²) in [6, 6.07) is 18.7. The molecule has 8 heteroatoms. The van der Waals surface area contributed by atoms with Gasteiger partial charge < -0.3 is 19.1 Å². The number of hydrogen-bond acceptors (Lipinski definition) is 7. The summed E-state index contributed by atoms with van der Waals surface area (Å²) in [5.74, 6) is 0.389. The van der Waals surface area contributed by atoms with Gasteiger partial charge in [-0.15, -0.1) is 11.3 Å². The molecule has 0 radical (unpaired) electrons. The third kappa shape index (κ3) is 5.29. The number of rotatable bonds is 9. The highest BCUT2D eigenvalue weighted by atomic mass is 32.1. The van der Waals surface area contributed by atoms with E-state index in [0.29, 0.717) is 23.0 Å². The van der Waals surface area contributed by atoms with Gasteiger partial charge in [0.1, 0.15) is 24.0 Å². The largest absolute Gasteiger partial charge is 0.485 e. The highest BCUT2D eigenvalue weighted by Crippen LogP contribution is 2.28. The van der Waals surface area contributed by atoms with E-state index in [0.717, 1.165) is 21.1 Å². The fraction of sp³-hybridized carbons (Fsp3) is 0.174.